The lowest BCUT2D eigenvalue weighted by Gasteiger charge is -2.25. The van der Waals surface area contributed by atoms with Crippen LogP contribution in [0.3, 0.4) is 0 Å². The van der Waals surface area contributed by atoms with Crippen LogP contribution >= 0.6 is 0 Å². The molecule has 0 atom stereocenters. The van der Waals surface area contributed by atoms with Gasteiger partial charge in [-0.1, -0.05) is 12.1 Å². The van der Waals surface area contributed by atoms with Crippen LogP contribution in [0, 0.1) is 11.3 Å². The molecule has 0 spiro atoms. The van der Waals surface area contributed by atoms with Gasteiger partial charge in [-0.05, 0) is 32.9 Å². The highest BCUT2D eigenvalue weighted by Crippen LogP contribution is 2.40. The van der Waals surface area contributed by atoms with Crippen molar-refractivity contribution < 1.29 is 14.3 Å². The molecule has 1 aliphatic rings. The molecule has 0 saturated carbocycles. The van der Waals surface area contributed by atoms with Crippen molar-refractivity contribution in [2.45, 2.75) is 26.4 Å². The number of nitrogens with zero attached hydrogens (tertiary/aromatic N) is 4. The predicted molar refractivity (Wildman–Crippen MR) is 99.8 cm³/mol. The molecule has 0 unspecified atom stereocenters. The number of anilines is 2. The molecule has 0 saturated heterocycles. The zero-order valence-corrected chi connectivity index (χ0v) is 16.0. The maximum atomic E-state index is 12.7. The number of nitriles is 1. The Labute approximate surface area is 154 Å². The highest BCUT2D eigenvalue weighted by Gasteiger charge is 2.32. The standard InChI is InChI=1S/C19H24N4O3/c1-19(2,3)26-18(25)21(4)12-16(24)13(11-20)17-22(5)14-9-7-8-10-15(14)23(17)6/h7-10H,12H2,1-6H3. The summed E-state index contributed by atoms with van der Waals surface area (Å²) in [5, 5.41) is 9.59. The quantitative estimate of drug-likeness (QED) is 0.612. The third-order valence-electron chi connectivity index (χ3n) is 3.94. The highest BCUT2D eigenvalue weighted by atomic mass is 16.6. The van der Waals surface area contributed by atoms with Crippen LogP contribution in [0.1, 0.15) is 20.8 Å². The van der Waals surface area contributed by atoms with E-state index in [0.717, 1.165) is 11.4 Å². The number of hydrogen-bond acceptors (Lipinski definition) is 6. The van der Waals surface area contributed by atoms with Crippen LogP contribution in [0.4, 0.5) is 16.2 Å². The van der Waals surface area contributed by atoms with E-state index in [1.807, 2.05) is 30.3 Å². The van der Waals surface area contributed by atoms with Crippen LogP contribution in [0.25, 0.3) is 0 Å². The molecule has 1 amide bonds. The van der Waals surface area contributed by atoms with E-state index in [9.17, 15) is 14.9 Å². The molecular formula is C19H24N4O3. The van der Waals surface area contributed by atoms with E-state index < -0.39 is 17.5 Å². The number of hydrogen-bond donors (Lipinski definition) is 0. The zero-order valence-electron chi connectivity index (χ0n) is 16.0. The summed E-state index contributed by atoms with van der Waals surface area (Å²) in [7, 11) is 5.09. The van der Waals surface area contributed by atoms with E-state index in [4.69, 9.17) is 4.74 Å². The van der Waals surface area contributed by atoms with E-state index in [1.165, 1.54) is 11.9 Å². The second-order valence-corrected chi connectivity index (χ2v) is 7.18. The largest absolute Gasteiger partial charge is 0.444 e. The number of para-hydroxylation sites is 2. The minimum atomic E-state index is -0.654. The van der Waals surface area contributed by atoms with Crippen molar-refractivity contribution in [2.24, 2.45) is 0 Å². The molecule has 138 valence electrons. The lowest BCUT2D eigenvalue weighted by atomic mass is 10.1. The van der Waals surface area contributed by atoms with Crippen molar-refractivity contribution in [1.82, 2.24) is 4.90 Å². The number of likely N-dealkylation sites (N-methyl/N-ethyl adjacent to an activating group) is 1. The van der Waals surface area contributed by atoms with Gasteiger partial charge in [0.05, 0.1) is 17.9 Å². The fraction of sp³-hybridized carbons (Fsp3) is 0.421. The Hall–Kier alpha value is -3.01. The minimum Gasteiger partial charge on any atom is -0.444 e. The first-order valence-electron chi connectivity index (χ1n) is 8.25. The number of fused-ring (bicyclic) bond motifs is 1. The van der Waals surface area contributed by atoms with Crippen LogP contribution in [-0.2, 0) is 9.53 Å². The second-order valence-electron chi connectivity index (χ2n) is 7.18. The number of carbonyl (C=O) groups excluding carboxylic acids is 2. The van der Waals surface area contributed by atoms with Gasteiger partial charge in [0.25, 0.3) is 0 Å². The molecule has 0 fully saturated rings. The van der Waals surface area contributed by atoms with Gasteiger partial charge in [0, 0.05) is 21.1 Å². The van der Waals surface area contributed by atoms with Crippen molar-refractivity contribution in [2.75, 3.05) is 37.5 Å². The second kappa shape index (κ2) is 7.08. The van der Waals surface area contributed by atoms with Gasteiger partial charge in [0.1, 0.15) is 23.1 Å². The third-order valence-corrected chi connectivity index (χ3v) is 3.94. The van der Waals surface area contributed by atoms with Crippen molar-refractivity contribution in [1.29, 1.82) is 5.26 Å². The summed E-state index contributed by atoms with van der Waals surface area (Å²) in [6, 6.07) is 9.64. The number of benzene rings is 1. The number of Topliss-reactive ketones (excluding diaryl/α,β-unsaturated/α-hetero) is 1. The van der Waals surface area contributed by atoms with E-state index in [2.05, 4.69) is 0 Å². The van der Waals surface area contributed by atoms with E-state index in [-0.39, 0.29) is 12.1 Å². The Kier molecular flexibility index (Phi) is 5.26. The Balaban J connectivity index is 2.26. The highest BCUT2D eigenvalue weighted by molar-refractivity contribution is 6.04. The molecule has 0 aliphatic carbocycles. The fourth-order valence-corrected chi connectivity index (χ4v) is 2.76. The number of ether oxygens (including phenoxy) is 1. The lowest BCUT2D eigenvalue weighted by Crippen LogP contribution is -2.38. The molecule has 7 heteroatoms. The Morgan fingerprint density at radius 2 is 1.65 bits per heavy atom. The Bertz CT molecular complexity index is 771. The molecule has 2 rings (SSSR count). The van der Waals surface area contributed by atoms with Crippen LogP contribution in [0.2, 0.25) is 0 Å². The summed E-state index contributed by atoms with van der Waals surface area (Å²) >= 11 is 0. The van der Waals surface area contributed by atoms with Crippen molar-refractivity contribution in [3.8, 4) is 6.07 Å². The summed E-state index contributed by atoms with van der Waals surface area (Å²) in [6.45, 7) is 5.02. The van der Waals surface area contributed by atoms with Gasteiger partial charge >= 0.3 is 6.09 Å². The maximum absolute atomic E-state index is 12.7. The van der Waals surface area contributed by atoms with Crippen LogP contribution in [0.15, 0.2) is 35.7 Å². The number of ketones is 1. The first kappa shape index (κ1) is 19.3. The van der Waals surface area contributed by atoms with Gasteiger partial charge in [-0.25, -0.2) is 4.79 Å². The third kappa shape index (κ3) is 3.80. The predicted octanol–water partition coefficient (Wildman–Crippen LogP) is 2.74. The van der Waals surface area contributed by atoms with Crippen molar-refractivity contribution in [3.63, 3.8) is 0 Å². The van der Waals surface area contributed by atoms with Gasteiger partial charge in [0.15, 0.2) is 5.78 Å². The van der Waals surface area contributed by atoms with Gasteiger partial charge in [-0.3, -0.25) is 4.79 Å². The first-order valence-corrected chi connectivity index (χ1v) is 8.25. The van der Waals surface area contributed by atoms with Gasteiger partial charge < -0.3 is 19.4 Å². The van der Waals surface area contributed by atoms with Crippen LogP contribution in [0.5, 0.6) is 0 Å². The molecule has 7 nitrogen and oxygen atoms in total. The van der Waals surface area contributed by atoms with Gasteiger partial charge in [0.2, 0.25) is 0 Å². The fourth-order valence-electron chi connectivity index (χ4n) is 2.76. The monoisotopic (exact) mass is 356 g/mol. The topological polar surface area (TPSA) is 76.9 Å². The summed E-state index contributed by atoms with van der Waals surface area (Å²) in [5.41, 5.74) is 1.16. The number of rotatable bonds is 3. The van der Waals surface area contributed by atoms with Crippen molar-refractivity contribution in [3.05, 3.63) is 35.7 Å². The van der Waals surface area contributed by atoms with Gasteiger partial charge in [-0.15, -0.1) is 0 Å². The molecule has 0 N–H and O–H groups in total. The molecule has 26 heavy (non-hydrogen) atoms. The molecule has 0 bridgehead atoms. The zero-order chi connectivity index (χ0) is 19.6. The van der Waals surface area contributed by atoms with E-state index in [0.29, 0.717) is 5.82 Å². The average molecular weight is 356 g/mol. The number of amides is 1. The maximum Gasteiger partial charge on any atom is 0.410 e. The Morgan fingerprint density at radius 1 is 1.15 bits per heavy atom. The average Bonchev–Trinajstić information content (AvgIpc) is 2.79. The van der Waals surface area contributed by atoms with E-state index >= 15 is 0 Å². The Morgan fingerprint density at radius 3 is 2.08 bits per heavy atom. The van der Waals surface area contributed by atoms with Crippen molar-refractivity contribution >= 4 is 23.3 Å². The first-order chi connectivity index (χ1) is 12.1. The summed E-state index contributed by atoms with van der Waals surface area (Å²) in [4.78, 5) is 29.5. The minimum absolute atomic E-state index is 0.00149. The van der Waals surface area contributed by atoms with Gasteiger partial charge in [-0.2, -0.15) is 5.26 Å². The lowest BCUT2D eigenvalue weighted by molar-refractivity contribution is -0.116. The smallest absolute Gasteiger partial charge is 0.410 e. The summed E-state index contributed by atoms with van der Waals surface area (Å²) in [5.74, 6) is 0.0543. The summed E-state index contributed by atoms with van der Waals surface area (Å²) in [6.07, 6.45) is -0.607. The molecule has 1 heterocycles. The molecule has 1 aliphatic heterocycles. The molecule has 1 aromatic carbocycles. The SMILES string of the molecule is CN(CC(=O)C(C#N)=C1N(C)c2ccccc2N1C)C(=O)OC(C)(C)C. The van der Waals surface area contributed by atoms with E-state index in [1.54, 1.807) is 44.7 Å². The summed E-state index contributed by atoms with van der Waals surface area (Å²) < 4.78 is 5.25. The molecule has 0 radical (unpaired) electrons. The van der Waals surface area contributed by atoms with Crippen LogP contribution < -0.4 is 9.80 Å². The van der Waals surface area contributed by atoms with Crippen LogP contribution in [-0.4, -0.2) is 50.1 Å². The number of carbonyl (C=O) groups is 2. The molecule has 1 aromatic rings. The molecular weight excluding hydrogens is 332 g/mol. The normalized spacial score (nSPS) is 13.2. The molecule has 0 aromatic heterocycles.